The summed E-state index contributed by atoms with van der Waals surface area (Å²) in [7, 11) is 0. The zero-order valence-electron chi connectivity index (χ0n) is 13.0. The third kappa shape index (κ3) is 4.95. The van der Waals surface area contributed by atoms with Crippen LogP contribution in [0.1, 0.15) is 59.3 Å². The number of nitrogens with one attached hydrogen (secondary N) is 1. The van der Waals surface area contributed by atoms with Crippen LogP contribution in [0.15, 0.2) is 0 Å². The van der Waals surface area contributed by atoms with Crippen molar-refractivity contribution >= 4 is 11.8 Å². The molecule has 0 radical (unpaired) electrons. The first-order chi connectivity index (χ1) is 9.19. The van der Waals surface area contributed by atoms with Crippen LogP contribution in [0.3, 0.4) is 0 Å². The highest BCUT2D eigenvalue weighted by molar-refractivity contribution is 7.99. The molecule has 1 N–H and O–H groups in total. The molecule has 3 atom stereocenters. The first-order valence-corrected chi connectivity index (χ1v) is 9.35. The van der Waals surface area contributed by atoms with E-state index in [0.29, 0.717) is 0 Å². The summed E-state index contributed by atoms with van der Waals surface area (Å²) in [5.74, 6) is 1.28. The monoisotopic (exact) mass is 284 g/mol. The minimum absolute atomic E-state index is 0.718. The predicted octanol–water partition coefficient (Wildman–Crippen LogP) is 3.51. The van der Waals surface area contributed by atoms with Crippen molar-refractivity contribution in [1.29, 1.82) is 0 Å². The van der Waals surface area contributed by atoms with Crippen LogP contribution in [0, 0.1) is 0 Å². The maximum Gasteiger partial charge on any atom is 0.00823 e. The zero-order chi connectivity index (χ0) is 13.7. The molecule has 0 bridgehead atoms. The molecule has 2 nitrogen and oxygen atoms in total. The molecule has 3 unspecified atom stereocenters. The Balaban J connectivity index is 1.71. The summed E-state index contributed by atoms with van der Waals surface area (Å²) >= 11 is 2.16. The number of likely N-dealkylation sites (tertiary alicyclic amines) is 1. The lowest BCUT2D eigenvalue weighted by Gasteiger charge is -2.25. The molecule has 2 fully saturated rings. The Hall–Kier alpha value is 0.270. The largest absolute Gasteiger partial charge is 0.311 e. The number of hydrogen-bond acceptors (Lipinski definition) is 3. The summed E-state index contributed by atoms with van der Waals surface area (Å²) in [4.78, 5) is 2.64. The fourth-order valence-corrected chi connectivity index (χ4v) is 4.76. The molecule has 0 spiro atoms. The van der Waals surface area contributed by atoms with Gasteiger partial charge in [0.25, 0.3) is 0 Å². The van der Waals surface area contributed by atoms with Gasteiger partial charge in [0, 0.05) is 23.4 Å². The molecule has 0 aromatic rings. The molecule has 1 saturated heterocycles. The van der Waals surface area contributed by atoms with Crippen LogP contribution in [0.5, 0.6) is 0 Å². The van der Waals surface area contributed by atoms with Crippen LogP contribution in [0.25, 0.3) is 0 Å². The summed E-state index contributed by atoms with van der Waals surface area (Å²) in [6, 6.07) is 2.30. The Morgan fingerprint density at radius 1 is 1.11 bits per heavy atom. The molecule has 2 aliphatic rings. The van der Waals surface area contributed by atoms with E-state index in [2.05, 4.69) is 42.7 Å². The van der Waals surface area contributed by atoms with Gasteiger partial charge in [0.05, 0.1) is 0 Å². The van der Waals surface area contributed by atoms with Crippen molar-refractivity contribution in [2.24, 2.45) is 0 Å². The van der Waals surface area contributed by atoms with Crippen molar-refractivity contribution in [1.82, 2.24) is 10.2 Å². The topological polar surface area (TPSA) is 15.3 Å². The van der Waals surface area contributed by atoms with Crippen molar-refractivity contribution in [3.8, 4) is 0 Å². The summed E-state index contributed by atoms with van der Waals surface area (Å²) in [5, 5.41) is 4.90. The van der Waals surface area contributed by atoms with Gasteiger partial charge in [-0.1, -0.05) is 6.92 Å². The highest BCUT2D eigenvalue weighted by atomic mass is 32.2. The maximum absolute atomic E-state index is 3.97. The van der Waals surface area contributed by atoms with E-state index in [9.17, 15) is 0 Å². The second-order valence-electron chi connectivity index (χ2n) is 6.51. The molecule has 1 aliphatic carbocycles. The van der Waals surface area contributed by atoms with E-state index in [1.165, 1.54) is 57.4 Å². The number of nitrogens with zero attached hydrogens (tertiary/aromatic N) is 1. The minimum Gasteiger partial charge on any atom is -0.311 e. The summed E-state index contributed by atoms with van der Waals surface area (Å²) in [6.07, 6.45) is 8.34. The van der Waals surface area contributed by atoms with Gasteiger partial charge in [0.2, 0.25) is 0 Å². The van der Waals surface area contributed by atoms with Gasteiger partial charge in [-0.05, 0) is 71.2 Å². The van der Waals surface area contributed by atoms with E-state index in [-0.39, 0.29) is 0 Å². The van der Waals surface area contributed by atoms with Crippen molar-refractivity contribution in [2.75, 3.05) is 18.8 Å². The third-order valence-corrected chi connectivity index (χ3v) is 5.98. The molecular formula is C16H32N2S. The van der Waals surface area contributed by atoms with Crippen LogP contribution in [-0.4, -0.2) is 47.1 Å². The van der Waals surface area contributed by atoms with E-state index in [4.69, 9.17) is 0 Å². The lowest BCUT2D eigenvalue weighted by Crippen LogP contribution is -2.38. The smallest absolute Gasteiger partial charge is 0.00823 e. The highest BCUT2D eigenvalue weighted by Crippen LogP contribution is 2.30. The van der Waals surface area contributed by atoms with Gasteiger partial charge in [-0.25, -0.2) is 0 Å². The van der Waals surface area contributed by atoms with Crippen molar-refractivity contribution < 1.29 is 0 Å². The van der Waals surface area contributed by atoms with E-state index < -0.39 is 0 Å². The van der Waals surface area contributed by atoms with Gasteiger partial charge >= 0.3 is 0 Å². The maximum atomic E-state index is 3.97. The summed E-state index contributed by atoms with van der Waals surface area (Å²) in [5.41, 5.74) is 0. The van der Waals surface area contributed by atoms with E-state index in [1.54, 1.807) is 0 Å². The number of thioether (sulfide) groups is 1. The second kappa shape index (κ2) is 7.90. The van der Waals surface area contributed by atoms with Crippen LogP contribution in [0.2, 0.25) is 0 Å². The minimum atomic E-state index is 0.718. The third-order valence-electron chi connectivity index (χ3n) is 4.75. The molecule has 1 heterocycles. The molecule has 3 heteroatoms. The normalized spacial score (nSPS) is 33.8. The van der Waals surface area contributed by atoms with Crippen LogP contribution in [-0.2, 0) is 0 Å². The molecular weight excluding hydrogens is 252 g/mol. The standard InChI is InChI=1S/C16H32N2S/c1-4-19-16-8-7-15(12-16)17-14-6-5-10-18(11-9-14)13(2)3/h13-17H,4-12H2,1-3H3. The van der Waals surface area contributed by atoms with Gasteiger partial charge in [0.1, 0.15) is 0 Å². The average molecular weight is 285 g/mol. The fourth-order valence-electron chi connectivity index (χ4n) is 3.61. The molecule has 1 saturated carbocycles. The highest BCUT2D eigenvalue weighted by Gasteiger charge is 2.27. The van der Waals surface area contributed by atoms with Crippen LogP contribution >= 0.6 is 11.8 Å². The lowest BCUT2D eigenvalue weighted by molar-refractivity contribution is 0.228. The van der Waals surface area contributed by atoms with Crippen molar-refractivity contribution in [3.63, 3.8) is 0 Å². The molecule has 19 heavy (non-hydrogen) atoms. The Morgan fingerprint density at radius 2 is 1.95 bits per heavy atom. The van der Waals surface area contributed by atoms with E-state index >= 15 is 0 Å². The Morgan fingerprint density at radius 3 is 2.68 bits per heavy atom. The van der Waals surface area contributed by atoms with Crippen LogP contribution < -0.4 is 5.32 Å². The lowest BCUT2D eigenvalue weighted by atomic mass is 10.1. The first kappa shape index (κ1) is 15.7. The summed E-state index contributed by atoms with van der Waals surface area (Å²) < 4.78 is 0. The zero-order valence-corrected chi connectivity index (χ0v) is 13.8. The predicted molar refractivity (Wildman–Crippen MR) is 87.0 cm³/mol. The molecule has 2 rings (SSSR count). The van der Waals surface area contributed by atoms with Crippen molar-refractivity contribution in [2.45, 2.75) is 82.7 Å². The molecule has 0 amide bonds. The average Bonchev–Trinajstić information content (AvgIpc) is 2.67. The van der Waals surface area contributed by atoms with Gasteiger partial charge < -0.3 is 10.2 Å². The molecule has 0 aromatic heterocycles. The number of rotatable bonds is 5. The number of hydrogen-bond donors (Lipinski definition) is 1. The van der Waals surface area contributed by atoms with Gasteiger partial charge in [-0.2, -0.15) is 11.8 Å². The first-order valence-electron chi connectivity index (χ1n) is 8.30. The molecule has 0 aromatic carbocycles. The van der Waals surface area contributed by atoms with Gasteiger partial charge in [-0.15, -0.1) is 0 Å². The fraction of sp³-hybridized carbons (Fsp3) is 1.00. The summed E-state index contributed by atoms with van der Waals surface area (Å²) in [6.45, 7) is 9.54. The van der Waals surface area contributed by atoms with Gasteiger partial charge in [0.15, 0.2) is 0 Å². The molecule has 112 valence electrons. The Kier molecular flexibility index (Phi) is 6.51. The van der Waals surface area contributed by atoms with Crippen molar-refractivity contribution in [3.05, 3.63) is 0 Å². The molecule has 1 aliphatic heterocycles. The Bertz CT molecular complexity index is 257. The van der Waals surface area contributed by atoms with E-state index in [0.717, 1.165) is 23.4 Å². The van der Waals surface area contributed by atoms with Gasteiger partial charge in [-0.3, -0.25) is 0 Å². The second-order valence-corrected chi connectivity index (χ2v) is 8.09. The van der Waals surface area contributed by atoms with Crippen LogP contribution in [0.4, 0.5) is 0 Å². The SMILES string of the molecule is CCSC1CCC(NC2CCCN(C(C)C)CC2)C1. The quantitative estimate of drug-likeness (QED) is 0.831. The van der Waals surface area contributed by atoms with E-state index in [1.807, 2.05) is 0 Å². The Labute approximate surface area is 124 Å².